The van der Waals surface area contributed by atoms with Crippen molar-refractivity contribution in [2.45, 2.75) is 75.4 Å². The molecule has 0 radical (unpaired) electrons. The Morgan fingerprint density at radius 2 is 1.67 bits per heavy atom. The summed E-state index contributed by atoms with van der Waals surface area (Å²) in [6.07, 6.45) is 3.10. The smallest absolute Gasteiger partial charge is 0.197 e. The molecule has 3 rings (SSSR count). The third kappa shape index (κ3) is 2.91. The molecule has 0 aromatic heterocycles. The molecule has 3 fully saturated rings. The van der Waals surface area contributed by atoms with Gasteiger partial charge >= 0.3 is 0 Å². The van der Waals surface area contributed by atoms with Crippen LogP contribution < -0.4 is 4.90 Å². The van der Waals surface area contributed by atoms with Gasteiger partial charge in [0.05, 0.1) is 36.9 Å². The summed E-state index contributed by atoms with van der Waals surface area (Å²) in [5.41, 5.74) is -0.837. The molecule has 0 amide bonds. The summed E-state index contributed by atoms with van der Waals surface area (Å²) in [5.74, 6) is 0.737. The van der Waals surface area contributed by atoms with Crippen molar-refractivity contribution in [3.05, 3.63) is 0 Å². The third-order valence-corrected chi connectivity index (χ3v) is 6.61. The second kappa shape index (κ2) is 6.82. The van der Waals surface area contributed by atoms with Gasteiger partial charge in [-0.05, 0) is 33.1 Å². The number of methoxy groups -OCH3 is 3. The van der Waals surface area contributed by atoms with E-state index >= 15 is 0 Å². The second-order valence-electron chi connectivity index (χ2n) is 8.28. The van der Waals surface area contributed by atoms with E-state index in [0.717, 1.165) is 19.3 Å². The quantitative estimate of drug-likeness (QED) is 0.742. The molecule has 0 bridgehead atoms. The number of quaternary nitrogens is 1. The highest BCUT2D eigenvalue weighted by Gasteiger charge is 2.61. The van der Waals surface area contributed by atoms with Gasteiger partial charge in [0.15, 0.2) is 6.23 Å². The normalized spacial score (nSPS) is 48.9. The van der Waals surface area contributed by atoms with Crippen LogP contribution in [-0.4, -0.2) is 75.8 Å². The number of aliphatic hydroxyl groups is 1. The number of ether oxygens (including phenoxy) is 4. The molecule has 0 aromatic rings. The highest BCUT2D eigenvalue weighted by atomic mass is 16.5. The Kier molecular flexibility index (Phi) is 5.27. The number of fused-ring (bicyclic) bond motifs is 2. The van der Waals surface area contributed by atoms with Gasteiger partial charge in [-0.15, -0.1) is 0 Å². The number of hydrogen-bond donors (Lipinski definition) is 2. The Balaban J connectivity index is 1.90. The topological polar surface area (TPSA) is 61.6 Å². The van der Waals surface area contributed by atoms with Gasteiger partial charge in [-0.25, -0.2) is 0 Å². The van der Waals surface area contributed by atoms with Crippen LogP contribution in [0.15, 0.2) is 0 Å². The summed E-state index contributed by atoms with van der Waals surface area (Å²) in [6.45, 7) is 3.66. The summed E-state index contributed by atoms with van der Waals surface area (Å²) in [7, 11) is 7.54. The van der Waals surface area contributed by atoms with E-state index in [9.17, 15) is 5.11 Å². The van der Waals surface area contributed by atoms with Gasteiger partial charge in [0.25, 0.3) is 0 Å². The molecule has 9 unspecified atom stereocenters. The molecule has 1 aliphatic carbocycles. The standard InChI is InChI=1S/C18H33NO5/c1-18(2,20)13-9-11-15(22-5)10-7-8-12(21-4)16(23-6)14(10)19(3)17(11)24-13/h10-17,20H,7-9H2,1-6H3/p+1. The van der Waals surface area contributed by atoms with Gasteiger partial charge in [0.1, 0.15) is 12.1 Å². The van der Waals surface area contributed by atoms with Crippen LogP contribution in [0, 0.1) is 11.8 Å². The number of likely N-dealkylation sites (tertiary alicyclic amines) is 1. The van der Waals surface area contributed by atoms with Crippen LogP contribution in [0.2, 0.25) is 0 Å². The highest BCUT2D eigenvalue weighted by Crippen LogP contribution is 2.43. The monoisotopic (exact) mass is 344 g/mol. The Labute approximate surface area is 145 Å². The lowest BCUT2D eigenvalue weighted by molar-refractivity contribution is -0.971. The average Bonchev–Trinajstić information content (AvgIpc) is 3.00. The molecule has 2 aliphatic heterocycles. The van der Waals surface area contributed by atoms with Crippen molar-refractivity contribution < 1.29 is 29.0 Å². The van der Waals surface area contributed by atoms with Crippen molar-refractivity contribution in [3.8, 4) is 0 Å². The summed E-state index contributed by atoms with van der Waals surface area (Å²) < 4.78 is 23.8. The molecular formula is C18H34NO5+. The first-order chi connectivity index (χ1) is 11.3. The van der Waals surface area contributed by atoms with E-state index in [1.54, 1.807) is 21.3 Å². The minimum absolute atomic E-state index is 0.0286. The van der Waals surface area contributed by atoms with Crippen molar-refractivity contribution in [1.82, 2.24) is 0 Å². The lowest BCUT2D eigenvalue weighted by Crippen LogP contribution is -3.21. The number of rotatable bonds is 4. The first kappa shape index (κ1) is 18.5. The first-order valence-electron chi connectivity index (χ1n) is 9.13. The van der Waals surface area contributed by atoms with E-state index in [1.807, 2.05) is 13.8 Å². The van der Waals surface area contributed by atoms with E-state index in [2.05, 4.69) is 7.05 Å². The Morgan fingerprint density at radius 3 is 2.21 bits per heavy atom. The van der Waals surface area contributed by atoms with E-state index in [1.165, 1.54) is 4.90 Å². The SMILES string of the molecule is COC1CCC2C(OC)C3CC(C(C)(C)O)OC3[NH+](C)C2C1OC. The zero-order valence-electron chi connectivity index (χ0n) is 15.8. The minimum Gasteiger partial charge on any atom is -0.388 e. The van der Waals surface area contributed by atoms with Crippen molar-refractivity contribution in [2.75, 3.05) is 28.4 Å². The minimum atomic E-state index is -0.837. The first-order valence-corrected chi connectivity index (χ1v) is 9.13. The Morgan fingerprint density at radius 1 is 1.00 bits per heavy atom. The second-order valence-corrected chi connectivity index (χ2v) is 8.28. The van der Waals surface area contributed by atoms with Gasteiger partial charge in [-0.1, -0.05) is 0 Å². The van der Waals surface area contributed by atoms with Crippen LogP contribution in [0.4, 0.5) is 0 Å². The predicted octanol–water partition coefficient (Wildman–Crippen LogP) is -0.160. The van der Waals surface area contributed by atoms with Gasteiger partial charge < -0.3 is 29.0 Å². The lowest BCUT2D eigenvalue weighted by atomic mass is 9.69. The number of likely N-dealkylation sites (N-methyl/N-ethyl adjacent to an activating group) is 1. The molecule has 6 heteroatoms. The molecule has 24 heavy (non-hydrogen) atoms. The van der Waals surface area contributed by atoms with Crippen LogP contribution in [-0.2, 0) is 18.9 Å². The largest absolute Gasteiger partial charge is 0.388 e. The average molecular weight is 344 g/mol. The van der Waals surface area contributed by atoms with Gasteiger partial charge in [-0.3, -0.25) is 0 Å². The molecule has 3 aliphatic rings. The fraction of sp³-hybridized carbons (Fsp3) is 1.00. The Hall–Kier alpha value is -0.240. The van der Waals surface area contributed by atoms with Crippen LogP contribution in [0.3, 0.4) is 0 Å². The van der Waals surface area contributed by atoms with E-state index in [4.69, 9.17) is 18.9 Å². The zero-order chi connectivity index (χ0) is 17.6. The van der Waals surface area contributed by atoms with E-state index in [-0.39, 0.29) is 36.7 Å². The molecular weight excluding hydrogens is 310 g/mol. The molecule has 2 N–H and O–H groups in total. The molecule has 2 heterocycles. The predicted molar refractivity (Wildman–Crippen MR) is 88.9 cm³/mol. The third-order valence-electron chi connectivity index (χ3n) is 6.61. The van der Waals surface area contributed by atoms with Crippen molar-refractivity contribution in [2.24, 2.45) is 11.8 Å². The van der Waals surface area contributed by atoms with E-state index < -0.39 is 5.60 Å². The molecule has 0 aromatic carbocycles. The fourth-order valence-electron chi connectivity index (χ4n) is 5.46. The van der Waals surface area contributed by atoms with Crippen molar-refractivity contribution >= 4 is 0 Å². The van der Waals surface area contributed by atoms with Crippen LogP contribution >= 0.6 is 0 Å². The van der Waals surface area contributed by atoms with Crippen LogP contribution in [0.1, 0.15) is 33.1 Å². The number of hydrogen-bond acceptors (Lipinski definition) is 5. The lowest BCUT2D eigenvalue weighted by Gasteiger charge is -2.52. The fourth-order valence-corrected chi connectivity index (χ4v) is 5.46. The van der Waals surface area contributed by atoms with Gasteiger partial charge in [-0.2, -0.15) is 0 Å². The number of nitrogens with one attached hydrogen (secondary N) is 1. The van der Waals surface area contributed by atoms with Gasteiger partial charge in [0, 0.05) is 27.2 Å². The van der Waals surface area contributed by atoms with Crippen LogP contribution in [0.25, 0.3) is 0 Å². The molecule has 6 nitrogen and oxygen atoms in total. The molecule has 1 saturated carbocycles. The maximum absolute atomic E-state index is 10.4. The van der Waals surface area contributed by atoms with Crippen molar-refractivity contribution in [3.63, 3.8) is 0 Å². The molecule has 2 saturated heterocycles. The summed E-state index contributed by atoms with van der Waals surface area (Å²) in [4.78, 5) is 1.33. The van der Waals surface area contributed by atoms with Crippen LogP contribution in [0.5, 0.6) is 0 Å². The summed E-state index contributed by atoms with van der Waals surface area (Å²) >= 11 is 0. The maximum Gasteiger partial charge on any atom is 0.197 e. The molecule has 9 atom stereocenters. The highest BCUT2D eigenvalue weighted by molar-refractivity contribution is 5.01. The summed E-state index contributed by atoms with van der Waals surface area (Å²) in [5, 5.41) is 10.4. The summed E-state index contributed by atoms with van der Waals surface area (Å²) in [6, 6.07) is 0.278. The zero-order valence-corrected chi connectivity index (χ0v) is 15.8. The number of piperidine rings is 1. The van der Waals surface area contributed by atoms with Crippen molar-refractivity contribution in [1.29, 1.82) is 0 Å². The molecule has 140 valence electrons. The Bertz CT molecular complexity index is 440. The maximum atomic E-state index is 10.4. The van der Waals surface area contributed by atoms with E-state index in [0.29, 0.717) is 11.8 Å². The van der Waals surface area contributed by atoms with Gasteiger partial charge in [0.2, 0.25) is 0 Å². The molecule has 0 spiro atoms.